The van der Waals surface area contributed by atoms with E-state index >= 15 is 0 Å². The smallest absolute Gasteiger partial charge is 0.269 e. The fraction of sp³-hybridized carbons (Fsp3) is 0.476. The Labute approximate surface area is 180 Å². The Balaban J connectivity index is 1.21. The van der Waals surface area contributed by atoms with E-state index in [0.29, 0.717) is 31.9 Å². The first kappa shape index (κ1) is 19.8. The second kappa shape index (κ2) is 8.20. The molecule has 0 aromatic carbocycles. The number of nitrogens with zero attached hydrogens (tertiary/aromatic N) is 7. The van der Waals surface area contributed by atoms with Gasteiger partial charge >= 0.3 is 0 Å². The molecule has 0 radical (unpaired) electrons. The lowest BCUT2D eigenvalue weighted by Crippen LogP contribution is -2.44. The number of carbonyl (C=O) groups is 1. The number of hydrogen-bond donors (Lipinski definition) is 1. The summed E-state index contributed by atoms with van der Waals surface area (Å²) in [6, 6.07) is 5.82. The molecule has 2 aliphatic rings. The predicted octanol–water partition coefficient (Wildman–Crippen LogP) is 0.994. The van der Waals surface area contributed by atoms with Crippen LogP contribution in [0.2, 0.25) is 0 Å². The van der Waals surface area contributed by atoms with Gasteiger partial charge in [-0.1, -0.05) is 5.21 Å². The number of pyridine rings is 1. The molecule has 10 heteroatoms. The quantitative estimate of drug-likeness (QED) is 0.632. The molecular weight excluding hydrogens is 396 g/mol. The van der Waals surface area contributed by atoms with E-state index in [-0.39, 0.29) is 11.5 Å². The molecule has 1 atom stereocenters. The van der Waals surface area contributed by atoms with Gasteiger partial charge in [0.2, 0.25) is 0 Å². The number of nitrogens with one attached hydrogen (secondary N) is 1. The average Bonchev–Trinajstić information content (AvgIpc) is 3.52. The van der Waals surface area contributed by atoms with Crippen LogP contribution in [0.4, 0.5) is 0 Å². The fourth-order valence-electron chi connectivity index (χ4n) is 4.42. The van der Waals surface area contributed by atoms with Crippen LogP contribution in [-0.2, 0) is 37.5 Å². The molecule has 1 amide bonds. The molecule has 1 N–H and O–H groups in total. The molecule has 5 rings (SSSR count). The van der Waals surface area contributed by atoms with Crippen LogP contribution >= 0.6 is 0 Å². The van der Waals surface area contributed by atoms with Gasteiger partial charge in [0.15, 0.2) is 0 Å². The summed E-state index contributed by atoms with van der Waals surface area (Å²) in [7, 11) is 0. The number of carbonyl (C=O) groups excluding carboxylic acids is 1. The van der Waals surface area contributed by atoms with Crippen molar-refractivity contribution in [3.05, 3.63) is 59.4 Å². The first-order valence-electron chi connectivity index (χ1n) is 10.6. The van der Waals surface area contributed by atoms with Gasteiger partial charge in [-0.15, -0.1) is 5.10 Å². The zero-order valence-corrected chi connectivity index (χ0v) is 17.6. The van der Waals surface area contributed by atoms with Gasteiger partial charge in [0, 0.05) is 44.8 Å². The highest BCUT2D eigenvalue weighted by Gasteiger charge is 2.43. The molecule has 1 unspecified atom stereocenters. The van der Waals surface area contributed by atoms with Crippen LogP contribution in [0.1, 0.15) is 40.8 Å². The minimum Gasteiger partial charge on any atom is -0.365 e. The molecule has 10 nitrogen and oxygen atoms in total. The average molecular weight is 422 g/mol. The van der Waals surface area contributed by atoms with Crippen LogP contribution in [0.3, 0.4) is 0 Å². The summed E-state index contributed by atoms with van der Waals surface area (Å²) in [5.74, 6) is -0.170. The van der Waals surface area contributed by atoms with Crippen molar-refractivity contribution in [2.75, 3.05) is 13.1 Å². The molecule has 0 bridgehead atoms. The van der Waals surface area contributed by atoms with Crippen LogP contribution in [0.15, 0.2) is 36.8 Å². The van der Waals surface area contributed by atoms with Crippen molar-refractivity contribution in [2.24, 2.45) is 0 Å². The van der Waals surface area contributed by atoms with Crippen LogP contribution in [-0.4, -0.2) is 59.3 Å². The minimum absolute atomic E-state index is 0.170. The van der Waals surface area contributed by atoms with Gasteiger partial charge in [-0.2, -0.15) is 5.10 Å². The summed E-state index contributed by atoms with van der Waals surface area (Å²) in [5, 5.41) is 15.7. The summed E-state index contributed by atoms with van der Waals surface area (Å²) in [4.78, 5) is 19.0. The Morgan fingerprint density at radius 3 is 2.94 bits per heavy atom. The molecule has 5 heterocycles. The highest BCUT2D eigenvalue weighted by Crippen LogP contribution is 2.33. The number of ether oxygens (including phenoxy) is 1. The van der Waals surface area contributed by atoms with Gasteiger partial charge in [-0.05, 0) is 37.1 Å². The molecule has 1 saturated heterocycles. The second-order valence-electron chi connectivity index (χ2n) is 8.14. The lowest BCUT2D eigenvalue weighted by atomic mass is 10.0. The van der Waals surface area contributed by atoms with Gasteiger partial charge in [-0.3, -0.25) is 19.4 Å². The maximum atomic E-state index is 12.5. The van der Waals surface area contributed by atoms with Gasteiger partial charge in [0.05, 0.1) is 25.4 Å². The number of rotatable bonds is 6. The van der Waals surface area contributed by atoms with Crippen LogP contribution in [0, 0.1) is 0 Å². The Hall–Kier alpha value is -3.11. The summed E-state index contributed by atoms with van der Waals surface area (Å²) in [6.45, 7) is 6.78. The van der Waals surface area contributed by atoms with Gasteiger partial charge in [0.1, 0.15) is 17.0 Å². The molecule has 31 heavy (non-hydrogen) atoms. The number of fused-ring (bicyclic) bond motifs is 1. The molecule has 0 aliphatic carbocycles. The zero-order chi connectivity index (χ0) is 21.3. The first-order chi connectivity index (χ1) is 15.2. The van der Waals surface area contributed by atoms with Crippen molar-refractivity contribution in [3.8, 4) is 0 Å². The van der Waals surface area contributed by atoms with E-state index in [1.54, 1.807) is 16.9 Å². The third-order valence-corrected chi connectivity index (χ3v) is 6.09. The van der Waals surface area contributed by atoms with E-state index in [0.717, 1.165) is 37.4 Å². The van der Waals surface area contributed by atoms with Crippen LogP contribution in [0.25, 0.3) is 0 Å². The molecular formula is C21H26N8O2. The molecule has 2 aliphatic heterocycles. The molecule has 3 aromatic rings. The lowest BCUT2D eigenvalue weighted by molar-refractivity contribution is -0.0845. The standard InChI is InChI=1S/C21H26N8O2/c1-2-28-18(5-9-24-28)20(30)23-11-17-19-13-31-21(15-29(19)26-25-17)6-10-27(14-21)12-16-3-7-22-8-4-16/h3-5,7-9H,2,6,10-15H2,1H3,(H,23,30). The lowest BCUT2D eigenvalue weighted by Gasteiger charge is -2.34. The van der Waals surface area contributed by atoms with E-state index in [1.165, 1.54) is 5.56 Å². The summed E-state index contributed by atoms with van der Waals surface area (Å²) < 4.78 is 9.96. The fourth-order valence-corrected chi connectivity index (χ4v) is 4.42. The summed E-state index contributed by atoms with van der Waals surface area (Å²) >= 11 is 0. The third kappa shape index (κ3) is 3.96. The van der Waals surface area contributed by atoms with Crippen molar-refractivity contribution in [2.45, 2.75) is 51.7 Å². The number of hydrogen-bond acceptors (Lipinski definition) is 7. The Morgan fingerprint density at radius 2 is 2.10 bits per heavy atom. The minimum atomic E-state index is -0.234. The Bertz CT molecular complexity index is 1060. The number of likely N-dealkylation sites (tertiary alicyclic amines) is 1. The van der Waals surface area contributed by atoms with Crippen molar-refractivity contribution < 1.29 is 9.53 Å². The molecule has 1 spiro atoms. The maximum absolute atomic E-state index is 12.5. The SMILES string of the molecule is CCn1nccc1C(=O)NCc1nnn2c1COC1(CCN(Cc3ccncc3)C1)C2. The summed E-state index contributed by atoms with van der Waals surface area (Å²) in [6.07, 6.45) is 6.25. The van der Waals surface area contributed by atoms with Crippen molar-refractivity contribution >= 4 is 5.91 Å². The Kier molecular flexibility index (Phi) is 5.24. The number of aryl methyl sites for hydroxylation is 1. The van der Waals surface area contributed by atoms with Crippen LogP contribution in [0.5, 0.6) is 0 Å². The van der Waals surface area contributed by atoms with Crippen molar-refractivity contribution in [1.29, 1.82) is 0 Å². The first-order valence-corrected chi connectivity index (χ1v) is 10.6. The third-order valence-electron chi connectivity index (χ3n) is 6.09. The van der Waals surface area contributed by atoms with Gasteiger partial charge < -0.3 is 10.1 Å². The Morgan fingerprint density at radius 1 is 1.23 bits per heavy atom. The number of amides is 1. The molecule has 1 fully saturated rings. The van der Waals surface area contributed by atoms with Gasteiger partial charge in [-0.25, -0.2) is 4.68 Å². The second-order valence-corrected chi connectivity index (χ2v) is 8.14. The molecule has 162 valence electrons. The monoisotopic (exact) mass is 422 g/mol. The topological polar surface area (TPSA) is 103 Å². The molecule has 0 saturated carbocycles. The van der Waals surface area contributed by atoms with Crippen LogP contribution < -0.4 is 5.32 Å². The van der Waals surface area contributed by atoms with E-state index in [9.17, 15) is 4.79 Å². The van der Waals surface area contributed by atoms with E-state index in [2.05, 4.69) is 42.7 Å². The van der Waals surface area contributed by atoms with Crippen molar-refractivity contribution in [1.82, 2.24) is 40.0 Å². The summed E-state index contributed by atoms with van der Waals surface area (Å²) in [5.41, 5.74) is 3.24. The number of aromatic nitrogens is 6. The maximum Gasteiger partial charge on any atom is 0.269 e. The zero-order valence-electron chi connectivity index (χ0n) is 17.6. The van der Waals surface area contributed by atoms with E-state index in [1.807, 2.05) is 24.0 Å². The predicted molar refractivity (Wildman–Crippen MR) is 111 cm³/mol. The van der Waals surface area contributed by atoms with Crippen molar-refractivity contribution in [3.63, 3.8) is 0 Å². The van der Waals surface area contributed by atoms with E-state index in [4.69, 9.17) is 4.74 Å². The normalized spacial score (nSPS) is 20.8. The van der Waals surface area contributed by atoms with Gasteiger partial charge in [0.25, 0.3) is 5.91 Å². The highest BCUT2D eigenvalue weighted by atomic mass is 16.5. The molecule has 3 aromatic heterocycles. The highest BCUT2D eigenvalue weighted by molar-refractivity contribution is 5.92. The van der Waals surface area contributed by atoms with E-state index < -0.39 is 0 Å². The largest absolute Gasteiger partial charge is 0.365 e.